The highest BCUT2D eigenvalue weighted by molar-refractivity contribution is 6.08. The maximum Gasteiger partial charge on any atom is 0.573 e. The van der Waals surface area contributed by atoms with E-state index in [1.165, 1.54) is 31.4 Å². The first-order valence-corrected chi connectivity index (χ1v) is 6.64. The number of ether oxygens (including phenoxy) is 2. The molecule has 0 saturated heterocycles. The Labute approximate surface area is 135 Å². The zero-order valence-electron chi connectivity index (χ0n) is 12.4. The summed E-state index contributed by atoms with van der Waals surface area (Å²) in [5.41, 5.74) is 0.240. The number of para-hydroxylation sites is 1. The largest absolute Gasteiger partial charge is 0.573 e. The fourth-order valence-corrected chi connectivity index (χ4v) is 1.91. The van der Waals surface area contributed by atoms with Crippen molar-refractivity contribution in [1.29, 1.82) is 0 Å². The van der Waals surface area contributed by atoms with Gasteiger partial charge in [0.1, 0.15) is 5.75 Å². The van der Waals surface area contributed by atoms with Gasteiger partial charge in [0, 0.05) is 5.56 Å². The van der Waals surface area contributed by atoms with Crippen LogP contribution in [0.4, 0.5) is 18.9 Å². The van der Waals surface area contributed by atoms with Gasteiger partial charge in [-0.25, -0.2) is 4.79 Å². The minimum Gasteiger partial charge on any atom is -0.465 e. The molecule has 0 fully saturated rings. The van der Waals surface area contributed by atoms with Crippen molar-refractivity contribution in [1.82, 2.24) is 0 Å². The number of carbonyl (C=O) groups excluding carboxylic acids is 2. The number of alkyl halides is 3. The Balaban J connectivity index is 2.22. The molecule has 0 aliphatic carbocycles. The minimum atomic E-state index is -4.85. The summed E-state index contributed by atoms with van der Waals surface area (Å²) >= 11 is 0. The smallest absolute Gasteiger partial charge is 0.465 e. The number of nitrogens with one attached hydrogen (secondary N) is 1. The van der Waals surface area contributed by atoms with E-state index in [9.17, 15) is 22.8 Å². The van der Waals surface area contributed by atoms with Crippen molar-refractivity contribution < 1.29 is 32.2 Å². The second-order valence-electron chi connectivity index (χ2n) is 4.57. The van der Waals surface area contributed by atoms with Crippen molar-refractivity contribution >= 4 is 17.6 Å². The van der Waals surface area contributed by atoms with Crippen molar-refractivity contribution in [2.24, 2.45) is 0 Å². The lowest BCUT2D eigenvalue weighted by atomic mass is 10.1. The summed E-state index contributed by atoms with van der Waals surface area (Å²) in [6.45, 7) is 0. The molecular formula is C16H12F3NO4. The van der Waals surface area contributed by atoms with Crippen LogP contribution in [0.25, 0.3) is 0 Å². The molecule has 2 aromatic rings. The van der Waals surface area contributed by atoms with Crippen molar-refractivity contribution in [3.63, 3.8) is 0 Å². The Morgan fingerprint density at radius 1 is 1.04 bits per heavy atom. The number of benzene rings is 2. The van der Waals surface area contributed by atoms with Crippen molar-refractivity contribution in [2.45, 2.75) is 6.36 Å². The van der Waals surface area contributed by atoms with Gasteiger partial charge in [0.05, 0.1) is 18.4 Å². The number of esters is 1. The van der Waals surface area contributed by atoms with Crippen LogP contribution in [-0.4, -0.2) is 25.3 Å². The molecule has 0 heterocycles. The van der Waals surface area contributed by atoms with E-state index in [0.29, 0.717) is 0 Å². The fourth-order valence-electron chi connectivity index (χ4n) is 1.91. The fraction of sp³-hybridized carbons (Fsp3) is 0.125. The number of anilines is 1. The topological polar surface area (TPSA) is 64.6 Å². The summed E-state index contributed by atoms with van der Waals surface area (Å²) in [5.74, 6) is -1.87. The molecule has 0 radical (unpaired) electrons. The first-order valence-electron chi connectivity index (χ1n) is 6.64. The van der Waals surface area contributed by atoms with Gasteiger partial charge >= 0.3 is 12.3 Å². The Kier molecular flexibility index (Phi) is 5.08. The Morgan fingerprint density at radius 3 is 2.42 bits per heavy atom. The number of halogens is 3. The van der Waals surface area contributed by atoms with E-state index in [2.05, 4.69) is 14.8 Å². The third-order valence-corrected chi connectivity index (χ3v) is 2.91. The van der Waals surface area contributed by atoms with Gasteiger partial charge in [0.2, 0.25) is 0 Å². The molecule has 0 spiro atoms. The third-order valence-electron chi connectivity index (χ3n) is 2.91. The Bertz CT molecular complexity index is 759. The van der Waals surface area contributed by atoms with Gasteiger partial charge in [0.15, 0.2) is 0 Å². The van der Waals surface area contributed by atoms with Crippen LogP contribution in [0.15, 0.2) is 48.5 Å². The van der Waals surface area contributed by atoms with Gasteiger partial charge in [-0.2, -0.15) is 0 Å². The molecule has 0 aromatic heterocycles. The molecule has 5 nitrogen and oxygen atoms in total. The molecule has 0 unspecified atom stereocenters. The number of rotatable bonds is 4. The van der Waals surface area contributed by atoms with Crippen LogP contribution < -0.4 is 10.1 Å². The summed E-state index contributed by atoms with van der Waals surface area (Å²) < 4.78 is 45.1. The number of methoxy groups -OCH3 is 1. The summed E-state index contributed by atoms with van der Waals surface area (Å²) in [6, 6.07) is 10.7. The second kappa shape index (κ2) is 7.03. The predicted octanol–water partition coefficient (Wildman–Crippen LogP) is 3.62. The second-order valence-corrected chi connectivity index (χ2v) is 4.57. The monoisotopic (exact) mass is 339 g/mol. The molecular weight excluding hydrogens is 327 g/mol. The van der Waals surface area contributed by atoms with Crippen LogP contribution in [0.2, 0.25) is 0 Å². The van der Waals surface area contributed by atoms with Crippen LogP contribution in [0.5, 0.6) is 5.75 Å². The molecule has 0 saturated carbocycles. The van der Waals surface area contributed by atoms with Gasteiger partial charge < -0.3 is 14.8 Å². The van der Waals surface area contributed by atoms with Gasteiger partial charge in [0.25, 0.3) is 5.91 Å². The van der Waals surface area contributed by atoms with E-state index in [-0.39, 0.29) is 16.8 Å². The van der Waals surface area contributed by atoms with Crippen LogP contribution in [0.3, 0.4) is 0 Å². The quantitative estimate of drug-likeness (QED) is 0.864. The average Bonchev–Trinajstić information content (AvgIpc) is 2.53. The standard InChI is InChI=1S/C16H12F3NO4/c1-23-15(22)12-7-2-3-8-13(12)20-14(21)10-5-4-6-11(9-10)24-16(17,18)19/h2-9H,1H3,(H,20,21). The molecule has 0 bridgehead atoms. The van der Waals surface area contributed by atoms with Crippen molar-refractivity contribution in [3.8, 4) is 5.75 Å². The SMILES string of the molecule is COC(=O)c1ccccc1NC(=O)c1cccc(OC(F)(F)F)c1. The average molecular weight is 339 g/mol. The van der Waals surface area contributed by atoms with Crippen LogP contribution in [-0.2, 0) is 4.74 Å². The maximum atomic E-state index is 12.2. The molecule has 2 aromatic carbocycles. The van der Waals surface area contributed by atoms with E-state index in [4.69, 9.17) is 0 Å². The molecule has 126 valence electrons. The van der Waals surface area contributed by atoms with E-state index in [1.807, 2.05) is 0 Å². The van der Waals surface area contributed by atoms with Gasteiger partial charge in [-0.3, -0.25) is 4.79 Å². The van der Waals surface area contributed by atoms with Gasteiger partial charge in [-0.1, -0.05) is 18.2 Å². The lowest BCUT2D eigenvalue weighted by Crippen LogP contribution is -2.18. The molecule has 0 aliphatic heterocycles. The van der Waals surface area contributed by atoms with E-state index < -0.39 is 24.0 Å². The normalized spacial score (nSPS) is 10.8. The van der Waals surface area contributed by atoms with Crippen molar-refractivity contribution in [2.75, 3.05) is 12.4 Å². The highest BCUT2D eigenvalue weighted by Gasteiger charge is 2.31. The minimum absolute atomic E-state index is 0.0589. The molecule has 2 rings (SSSR count). The zero-order valence-corrected chi connectivity index (χ0v) is 12.4. The summed E-state index contributed by atoms with van der Waals surface area (Å²) in [5, 5.41) is 2.46. The first kappa shape index (κ1) is 17.3. The van der Waals surface area contributed by atoms with Gasteiger partial charge in [-0.05, 0) is 30.3 Å². The van der Waals surface area contributed by atoms with Crippen LogP contribution in [0.1, 0.15) is 20.7 Å². The molecule has 24 heavy (non-hydrogen) atoms. The number of hydrogen-bond acceptors (Lipinski definition) is 4. The molecule has 1 N–H and O–H groups in total. The Morgan fingerprint density at radius 2 is 1.75 bits per heavy atom. The van der Waals surface area contributed by atoms with E-state index in [1.54, 1.807) is 12.1 Å². The first-order chi connectivity index (χ1) is 11.3. The van der Waals surface area contributed by atoms with E-state index in [0.717, 1.165) is 12.1 Å². The lowest BCUT2D eigenvalue weighted by molar-refractivity contribution is -0.274. The number of amides is 1. The lowest BCUT2D eigenvalue weighted by Gasteiger charge is -2.11. The Hall–Kier alpha value is -3.03. The molecule has 8 heteroatoms. The van der Waals surface area contributed by atoms with Crippen LogP contribution in [0, 0.1) is 0 Å². The predicted molar refractivity (Wildman–Crippen MR) is 78.9 cm³/mol. The van der Waals surface area contributed by atoms with Crippen molar-refractivity contribution in [3.05, 3.63) is 59.7 Å². The number of hydrogen-bond donors (Lipinski definition) is 1. The van der Waals surface area contributed by atoms with E-state index >= 15 is 0 Å². The third kappa shape index (κ3) is 4.48. The zero-order chi connectivity index (χ0) is 17.7. The molecule has 0 aliphatic rings. The van der Waals surface area contributed by atoms with Gasteiger partial charge in [-0.15, -0.1) is 13.2 Å². The molecule has 1 amide bonds. The summed E-state index contributed by atoms with van der Waals surface area (Å²) in [4.78, 5) is 23.8. The maximum absolute atomic E-state index is 12.2. The van der Waals surface area contributed by atoms with Crippen LogP contribution >= 0.6 is 0 Å². The summed E-state index contributed by atoms with van der Waals surface area (Å²) in [6.07, 6.45) is -4.85. The summed E-state index contributed by atoms with van der Waals surface area (Å²) in [7, 11) is 1.19. The number of carbonyl (C=O) groups is 2. The highest BCUT2D eigenvalue weighted by atomic mass is 19.4. The molecule has 0 atom stereocenters. The highest BCUT2D eigenvalue weighted by Crippen LogP contribution is 2.24.